The van der Waals surface area contributed by atoms with E-state index in [0.717, 1.165) is 24.5 Å². The van der Waals surface area contributed by atoms with Crippen LogP contribution in [0.15, 0.2) is 55.2 Å². The number of rotatable bonds is 5. The Labute approximate surface area is 156 Å². The van der Waals surface area contributed by atoms with E-state index in [1.165, 1.54) is 6.33 Å². The van der Waals surface area contributed by atoms with E-state index < -0.39 is 0 Å². The molecule has 1 amide bonds. The van der Waals surface area contributed by atoms with Crippen LogP contribution in [0, 0.1) is 0 Å². The first kappa shape index (κ1) is 17.2. The molecular weight excluding hydrogens is 344 g/mol. The minimum atomic E-state index is -0.164. The third-order valence-corrected chi connectivity index (χ3v) is 4.37. The van der Waals surface area contributed by atoms with Crippen molar-refractivity contribution in [2.24, 2.45) is 0 Å². The molecule has 138 valence electrons. The number of ether oxygens (including phenoxy) is 1. The Hall–Kier alpha value is -3.26. The molecule has 3 aromatic rings. The predicted molar refractivity (Wildman–Crippen MR) is 101 cm³/mol. The van der Waals surface area contributed by atoms with Gasteiger partial charge in [-0.05, 0) is 29.8 Å². The van der Waals surface area contributed by atoms with Gasteiger partial charge in [0.1, 0.15) is 18.5 Å². The van der Waals surface area contributed by atoms with E-state index in [2.05, 4.69) is 25.3 Å². The Morgan fingerprint density at radius 1 is 1.11 bits per heavy atom. The van der Waals surface area contributed by atoms with Gasteiger partial charge in [-0.2, -0.15) is 5.10 Å². The van der Waals surface area contributed by atoms with Gasteiger partial charge in [0.25, 0.3) is 5.91 Å². The van der Waals surface area contributed by atoms with Crippen LogP contribution in [0.3, 0.4) is 0 Å². The van der Waals surface area contributed by atoms with E-state index in [1.807, 2.05) is 24.3 Å². The van der Waals surface area contributed by atoms with Gasteiger partial charge in [-0.3, -0.25) is 4.79 Å². The minimum Gasteiger partial charge on any atom is -0.378 e. The monoisotopic (exact) mass is 364 g/mol. The molecule has 0 saturated carbocycles. The second kappa shape index (κ2) is 7.96. The van der Waals surface area contributed by atoms with Crippen molar-refractivity contribution in [3.63, 3.8) is 0 Å². The summed E-state index contributed by atoms with van der Waals surface area (Å²) in [6.07, 6.45) is 4.84. The van der Waals surface area contributed by atoms with Crippen molar-refractivity contribution in [2.45, 2.75) is 6.54 Å². The van der Waals surface area contributed by atoms with Crippen LogP contribution >= 0.6 is 0 Å². The maximum atomic E-state index is 12.4. The summed E-state index contributed by atoms with van der Waals surface area (Å²) in [5.41, 5.74) is 2.31. The van der Waals surface area contributed by atoms with Gasteiger partial charge in [0.05, 0.1) is 31.6 Å². The number of morpholine rings is 1. The molecule has 3 heterocycles. The van der Waals surface area contributed by atoms with Crippen LogP contribution in [0.25, 0.3) is 0 Å². The largest absolute Gasteiger partial charge is 0.378 e. The molecule has 8 nitrogen and oxygen atoms in total. The smallest absolute Gasteiger partial charge is 0.255 e. The fraction of sp³-hybridized carbons (Fsp3) is 0.263. The number of nitrogens with one attached hydrogen (secondary N) is 1. The van der Waals surface area contributed by atoms with Crippen molar-refractivity contribution in [3.8, 4) is 0 Å². The van der Waals surface area contributed by atoms with Crippen molar-refractivity contribution >= 4 is 17.4 Å². The summed E-state index contributed by atoms with van der Waals surface area (Å²) in [4.78, 5) is 23.0. The van der Waals surface area contributed by atoms with Crippen molar-refractivity contribution in [3.05, 3.63) is 66.4 Å². The Balaban J connectivity index is 1.36. The van der Waals surface area contributed by atoms with Crippen LogP contribution in [0.5, 0.6) is 0 Å². The Bertz CT molecular complexity index is 872. The molecule has 1 aromatic carbocycles. The van der Waals surface area contributed by atoms with Crippen molar-refractivity contribution in [1.82, 2.24) is 19.7 Å². The van der Waals surface area contributed by atoms with Crippen molar-refractivity contribution < 1.29 is 9.53 Å². The lowest BCUT2D eigenvalue weighted by Crippen LogP contribution is -2.36. The average Bonchev–Trinajstić information content (AvgIpc) is 3.23. The van der Waals surface area contributed by atoms with Gasteiger partial charge in [-0.25, -0.2) is 14.6 Å². The second-order valence-corrected chi connectivity index (χ2v) is 6.25. The highest BCUT2D eigenvalue weighted by Gasteiger charge is 2.12. The number of hydrogen-bond donors (Lipinski definition) is 1. The highest BCUT2D eigenvalue weighted by molar-refractivity contribution is 6.04. The molecule has 8 heteroatoms. The molecule has 1 aliphatic heterocycles. The lowest BCUT2D eigenvalue weighted by atomic mass is 10.1. The van der Waals surface area contributed by atoms with Crippen LogP contribution in [-0.2, 0) is 11.3 Å². The molecule has 27 heavy (non-hydrogen) atoms. The van der Waals surface area contributed by atoms with Crippen LogP contribution in [-0.4, -0.2) is 52.0 Å². The summed E-state index contributed by atoms with van der Waals surface area (Å²) in [6.45, 7) is 3.72. The number of pyridine rings is 1. The van der Waals surface area contributed by atoms with E-state index in [0.29, 0.717) is 31.0 Å². The molecule has 4 rings (SSSR count). The molecule has 1 fully saturated rings. The first-order chi connectivity index (χ1) is 13.3. The topological polar surface area (TPSA) is 85.2 Å². The zero-order valence-corrected chi connectivity index (χ0v) is 14.8. The molecule has 0 unspecified atom stereocenters. The SMILES string of the molecule is O=C(Nc1ccc(N2CCOCC2)nc1)c1ccc(Cn2cncn2)cc1. The normalized spacial score (nSPS) is 14.1. The quantitative estimate of drug-likeness (QED) is 0.743. The lowest BCUT2D eigenvalue weighted by molar-refractivity contribution is 0.102. The number of carbonyl (C=O) groups is 1. The second-order valence-electron chi connectivity index (χ2n) is 6.25. The van der Waals surface area contributed by atoms with E-state index >= 15 is 0 Å². The number of anilines is 2. The molecule has 0 bridgehead atoms. The van der Waals surface area contributed by atoms with E-state index in [-0.39, 0.29) is 5.91 Å². The van der Waals surface area contributed by atoms with Crippen LogP contribution in [0.1, 0.15) is 15.9 Å². The van der Waals surface area contributed by atoms with Crippen LogP contribution in [0.2, 0.25) is 0 Å². The van der Waals surface area contributed by atoms with Crippen molar-refractivity contribution in [2.75, 3.05) is 36.5 Å². The molecular formula is C19H20N6O2. The van der Waals surface area contributed by atoms with Gasteiger partial charge in [-0.15, -0.1) is 0 Å². The molecule has 0 atom stereocenters. The summed E-state index contributed by atoms with van der Waals surface area (Å²) < 4.78 is 7.08. The fourth-order valence-corrected chi connectivity index (χ4v) is 2.91. The number of aromatic nitrogens is 4. The van der Waals surface area contributed by atoms with Crippen LogP contribution < -0.4 is 10.2 Å². The number of hydrogen-bond acceptors (Lipinski definition) is 6. The first-order valence-corrected chi connectivity index (χ1v) is 8.79. The number of amides is 1. The number of carbonyl (C=O) groups excluding carboxylic acids is 1. The standard InChI is InChI=1S/C19H20N6O2/c26-19(16-3-1-15(2-4-16)12-25-14-20-13-22-25)23-17-5-6-18(21-11-17)24-7-9-27-10-8-24/h1-6,11,13-14H,7-10,12H2,(H,23,26). The molecule has 1 N–H and O–H groups in total. The lowest BCUT2D eigenvalue weighted by Gasteiger charge is -2.27. The van der Waals surface area contributed by atoms with E-state index in [9.17, 15) is 4.79 Å². The predicted octanol–water partition coefficient (Wildman–Crippen LogP) is 1.81. The molecule has 2 aromatic heterocycles. The Morgan fingerprint density at radius 3 is 2.59 bits per heavy atom. The first-order valence-electron chi connectivity index (χ1n) is 8.79. The van der Waals surface area contributed by atoms with Gasteiger partial charge >= 0.3 is 0 Å². The molecule has 0 spiro atoms. The Kier molecular flexibility index (Phi) is 5.06. The number of nitrogens with zero attached hydrogens (tertiary/aromatic N) is 5. The minimum absolute atomic E-state index is 0.164. The zero-order chi connectivity index (χ0) is 18.5. The van der Waals surface area contributed by atoms with E-state index in [4.69, 9.17) is 4.74 Å². The fourth-order valence-electron chi connectivity index (χ4n) is 2.91. The third kappa shape index (κ3) is 4.29. The zero-order valence-electron chi connectivity index (χ0n) is 14.8. The third-order valence-electron chi connectivity index (χ3n) is 4.37. The highest BCUT2D eigenvalue weighted by atomic mass is 16.5. The maximum absolute atomic E-state index is 12.4. The van der Waals surface area contributed by atoms with E-state index in [1.54, 1.807) is 29.3 Å². The van der Waals surface area contributed by atoms with Gasteiger partial charge in [0.2, 0.25) is 0 Å². The molecule has 0 aliphatic carbocycles. The Morgan fingerprint density at radius 2 is 1.93 bits per heavy atom. The summed E-state index contributed by atoms with van der Waals surface area (Å²) in [5, 5.41) is 6.96. The highest BCUT2D eigenvalue weighted by Crippen LogP contribution is 2.16. The average molecular weight is 364 g/mol. The van der Waals surface area contributed by atoms with Crippen molar-refractivity contribution in [1.29, 1.82) is 0 Å². The van der Waals surface area contributed by atoms with Gasteiger partial charge in [-0.1, -0.05) is 12.1 Å². The maximum Gasteiger partial charge on any atom is 0.255 e. The molecule has 0 radical (unpaired) electrons. The van der Waals surface area contributed by atoms with Gasteiger partial charge in [0, 0.05) is 18.7 Å². The summed E-state index contributed by atoms with van der Waals surface area (Å²) in [7, 11) is 0. The molecule has 1 saturated heterocycles. The van der Waals surface area contributed by atoms with Gasteiger partial charge < -0.3 is 15.0 Å². The van der Waals surface area contributed by atoms with Gasteiger partial charge in [0.15, 0.2) is 0 Å². The molecule has 1 aliphatic rings. The summed E-state index contributed by atoms with van der Waals surface area (Å²) in [5.74, 6) is 0.733. The van der Waals surface area contributed by atoms with Crippen LogP contribution in [0.4, 0.5) is 11.5 Å². The number of benzene rings is 1. The summed E-state index contributed by atoms with van der Waals surface area (Å²) in [6, 6.07) is 11.2. The summed E-state index contributed by atoms with van der Waals surface area (Å²) >= 11 is 0.